The molecule has 0 N–H and O–H groups in total. The Labute approximate surface area is 95.0 Å². The second-order valence-electron chi connectivity index (χ2n) is 3.86. The molecular weight excluding hydrogens is 198 g/mol. The van der Waals surface area contributed by atoms with Crippen LogP contribution in [0.1, 0.15) is 22.5 Å². The van der Waals surface area contributed by atoms with Gasteiger partial charge in [-0.2, -0.15) is 5.26 Å². The number of aryl methyl sites for hydroxylation is 1. The lowest BCUT2D eigenvalue weighted by Crippen LogP contribution is -2.00. The lowest BCUT2D eigenvalue weighted by atomic mass is 10.1. The van der Waals surface area contributed by atoms with E-state index in [-0.39, 0.29) is 0 Å². The van der Waals surface area contributed by atoms with E-state index in [2.05, 4.69) is 22.5 Å². The van der Waals surface area contributed by atoms with Crippen molar-refractivity contribution in [1.82, 2.24) is 9.55 Å². The van der Waals surface area contributed by atoms with Crippen molar-refractivity contribution in [1.29, 1.82) is 5.26 Å². The molecule has 2 aromatic rings. The molecule has 0 amide bonds. The van der Waals surface area contributed by atoms with Crippen LogP contribution in [0.15, 0.2) is 30.6 Å². The van der Waals surface area contributed by atoms with Gasteiger partial charge in [-0.1, -0.05) is 12.1 Å². The van der Waals surface area contributed by atoms with E-state index in [1.54, 1.807) is 0 Å². The van der Waals surface area contributed by atoms with Crippen molar-refractivity contribution in [2.45, 2.75) is 20.4 Å². The summed E-state index contributed by atoms with van der Waals surface area (Å²) in [5.74, 6) is 0. The molecule has 3 heteroatoms. The SMILES string of the molecule is Cc1ncn(Cc2cccc(C#N)c2)c1C. The summed E-state index contributed by atoms with van der Waals surface area (Å²) < 4.78 is 2.09. The molecule has 0 atom stereocenters. The van der Waals surface area contributed by atoms with Crippen LogP contribution in [0.2, 0.25) is 0 Å². The van der Waals surface area contributed by atoms with Gasteiger partial charge in [-0.05, 0) is 31.5 Å². The lowest BCUT2D eigenvalue weighted by Gasteiger charge is -2.05. The maximum atomic E-state index is 8.82. The average molecular weight is 211 g/mol. The van der Waals surface area contributed by atoms with Crippen molar-refractivity contribution < 1.29 is 0 Å². The topological polar surface area (TPSA) is 41.6 Å². The summed E-state index contributed by atoms with van der Waals surface area (Å²) in [5.41, 5.74) is 4.05. The van der Waals surface area contributed by atoms with Crippen LogP contribution in [0, 0.1) is 25.2 Å². The molecule has 0 aliphatic rings. The van der Waals surface area contributed by atoms with Crippen LogP contribution < -0.4 is 0 Å². The zero-order chi connectivity index (χ0) is 11.5. The van der Waals surface area contributed by atoms with E-state index in [9.17, 15) is 0 Å². The van der Waals surface area contributed by atoms with Gasteiger partial charge >= 0.3 is 0 Å². The van der Waals surface area contributed by atoms with Crippen LogP contribution in [0.5, 0.6) is 0 Å². The van der Waals surface area contributed by atoms with E-state index in [4.69, 9.17) is 5.26 Å². The molecular formula is C13H13N3. The summed E-state index contributed by atoms with van der Waals surface area (Å²) >= 11 is 0. The summed E-state index contributed by atoms with van der Waals surface area (Å²) in [6.07, 6.45) is 1.84. The van der Waals surface area contributed by atoms with Crippen LogP contribution in [0.25, 0.3) is 0 Å². The number of nitriles is 1. The van der Waals surface area contributed by atoms with Gasteiger partial charge in [-0.3, -0.25) is 0 Å². The predicted molar refractivity (Wildman–Crippen MR) is 62.0 cm³/mol. The fourth-order valence-electron chi connectivity index (χ4n) is 1.64. The van der Waals surface area contributed by atoms with E-state index in [0.29, 0.717) is 5.56 Å². The summed E-state index contributed by atoms with van der Waals surface area (Å²) in [4.78, 5) is 4.25. The molecule has 0 saturated carbocycles. The molecule has 1 heterocycles. The molecule has 1 aromatic heterocycles. The molecule has 0 bridgehead atoms. The van der Waals surface area contributed by atoms with Crippen LogP contribution >= 0.6 is 0 Å². The molecule has 0 unspecified atom stereocenters. The zero-order valence-corrected chi connectivity index (χ0v) is 9.44. The van der Waals surface area contributed by atoms with Crippen molar-refractivity contribution in [3.8, 4) is 6.07 Å². The number of aromatic nitrogens is 2. The summed E-state index contributed by atoms with van der Waals surface area (Å²) in [5, 5.41) is 8.82. The molecule has 1 aromatic carbocycles. The molecule has 0 saturated heterocycles. The zero-order valence-electron chi connectivity index (χ0n) is 9.44. The highest BCUT2D eigenvalue weighted by Crippen LogP contribution is 2.10. The van der Waals surface area contributed by atoms with Crippen molar-refractivity contribution in [3.63, 3.8) is 0 Å². The summed E-state index contributed by atoms with van der Waals surface area (Å²) in [6, 6.07) is 9.81. The third kappa shape index (κ3) is 1.96. The minimum absolute atomic E-state index is 0.701. The van der Waals surface area contributed by atoms with Crippen LogP contribution in [0.3, 0.4) is 0 Å². The maximum Gasteiger partial charge on any atom is 0.0991 e. The molecule has 0 aliphatic heterocycles. The molecule has 0 spiro atoms. The van der Waals surface area contributed by atoms with Crippen molar-refractivity contribution >= 4 is 0 Å². The highest BCUT2D eigenvalue weighted by Gasteiger charge is 2.03. The number of benzene rings is 1. The van der Waals surface area contributed by atoms with Gasteiger partial charge < -0.3 is 4.57 Å². The van der Waals surface area contributed by atoms with Gasteiger partial charge in [-0.15, -0.1) is 0 Å². The Kier molecular flexibility index (Phi) is 2.74. The number of rotatable bonds is 2. The molecule has 80 valence electrons. The number of nitrogens with zero attached hydrogens (tertiary/aromatic N) is 3. The molecule has 0 radical (unpaired) electrons. The van der Waals surface area contributed by atoms with E-state index < -0.39 is 0 Å². The first kappa shape index (κ1) is 10.4. The van der Waals surface area contributed by atoms with Crippen molar-refractivity contribution in [2.75, 3.05) is 0 Å². The average Bonchev–Trinajstić information content (AvgIpc) is 2.61. The molecule has 2 rings (SSSR count). The van der Waals surface area contributed by atoms with Crippen molar-refractivity contribution in [3.05, 3.63) is 53.1 Å². The first-order chi connectivity index (χ1) is 7.70. The third-order valence-electron chi connectivity index (χ3n) is 2.75. The van der Waals surface area contributed by atoms with Crippen LogP contribution in [0.4, 0.5) is 0 Å². The maximum absolute atomic E-state index is 8.82. The molecule has 3 nitrogen and oxygen atoms in total. The van der Waals surface area contributed by atoms with Crippen molar-refractivity contribution in [2.24, 2.45) is 0 Å². The largest absolute Gasteiger partial charge is 0.330 e. The Morgan fingerprint density at radius 1 is 1.38 bits per heavy atom. The first-order valence-electron chi connectivity index (χ1n) is 5.18. The fraction of sp³-hybridized carbons (Fsp3) is 0.231. The molecule has 16 heavy (non-hydrogen) atoms. The number of hydrogen-bond acceptors (Lipinski definition) is 2. The monoisotopic (exact) mass is 211 g/mol. The Balaban J connectivity index is 2.27. The van der Waals surface area contributed by atoms with E-state index >= 15 is 0 Å². The van der Waals surface area contributed by atoms with Gasteiger partial charge in [0.05, 0.1) is 23.7 Å². The van der Waals surface area contributed by atoms with E-state index in [0.717, 1.165) is 17.8 Å². The minimum Gasteiger partial charge on any atom is -0.330 e. The van der Waals surface area contributed by atoms with E-state index in [1.807, 2.05) is 37.5 Å². The second kappa shape index (κ2) is 4.19. The van der Waals surface area contributed by atoms with Gasteiger partial charge in [-0.25, -0.2) is 4.98 Å². The fourth-order valence-corrected chi connectivity index (χ4v) is 1.64. The Bertz CT molecular complexity index is 547. The Morgan fingerprint density at radius 2 is 2.19 bits per heavy atom. The third-order valence-corrected chi connectivity index (χ3v) is 2.75. The number of imidazole rings is 1. The summed E-state index contributed by atoms with van der Waals surface area (Å²) in [6.45, 7) is 4.82. The highest BCUT2D eigenvalue weighted by atomic mass is 15.0. The van der Waals surface area contributed by atoms with Crippen LogP contribution in [-0.2, 0) is 6.54 Å². The standard InChI is InChI=1S/C13H13N3/c1-10-11(2)16(9-15-10)8-13-5-3-4-12(6-13)7-14/h3-6,9H,8H2,1-2H3. The lowest BCUT2D eigenvalue weighted by molar-refractivity contribution is 0.768. The van der Waals surface area contributed by atoms with Gasteiger partial charge in [0.25, 0.3) is 0 Å². The second-order valence-corrected chi connectivity index (χ2v) is 3.86. The molecule has 0 fully saturated rings. The normalized spacial score (nSPS) is 10.1. The summed E-state index contributed by atoms with van der Waals surface area (Å²) in [7, 11) is 0. The van der Waals surface area contributed by atoms with Gasteiger partial charge in [0.1, 0.15) is 0 Å². The smallest absolute Gasteiger partial charge is 0.0991 e. The Hall–Kier alpha value is -2.08. The number of hydrogen-bond donors (Lipinski definition) is 0. The van der Waals surface area contributed by atoms with Gasteiger partial charge in [0.15, 0.2) is 0 Å². The molecule has 0 aliphatic carbocycles. The first-order valence-corrected chi connectivity index (χ1v) is 5.18. The van der Waals surface area contributed by atoms with Gasteiger partial charge in [0, 0.05) is 12.2 Å². The quantitative estimate of drug-likeness (QED) is 0.765. The Morgan fingerprint density at radius 3 is 2.81 bits per heavy atom. The van der Waals surface area contributed by atoms with Gasteiger partial charge in [0.2, 0.25) is 0 Å². The van der Waals surface area contributed by atoms with Crippen LogP contribution in [-0.4, -0.2) is 9.55 Å². The van der Waals surface area contributed by atoms with E-state index in [1.165, 1.54) is 5.69 Å². The highest BCUT2D eigenvalue weighted by molar-refractivity contribution is 5.33. The predicted octanol–water partition coefficient (Wildman–Crippen LogP) is 2.42. The minimum atomic E-state index is 0.701.